The topological polar surface area (TPSA) is 72.8 Å². The summed E-state index contributed by atoms with van der Waals surface area (Å²) in [7, 11) is 0. The Hall–Kier alpha value is -1.88. The fourth-order valence-corrected chi connectivity index (χ4v) is 4.04. The Bertz CT molecular complexity index is 674. The van der Waals surface area contributed by atoms with Gasteiger partial charge in [0.25, 0.3) is 0 Å². The van der Waals surface area contributed by atoms with E-state index < -0.39 is 17.8 Å². The highest BCUT2D eigenvalue weighted by molar-refractivity contribution is 5.73. The molecule has 2 aliphatic rings. The van der Waals surface area contributed by atoms with Crippen molar-refractivity contribution >= 4 is 11.9 Å². The number of aliphatic hydroxyl groups excluding tert-OH is 1. The molecule has 1 N–H and O–H groups in total. The second-order valence-electron chi connectivity index (χ2n) is 8.48. The Kier molecular flexibility index (Phi) is 7.64. The first-order valence-corrected chi connectivity index (χ1v) is 10.2. The summed E-state index contributed by atoms with van der Waals surface area (Å²) in [6.07, 6.45) is 7.14. The Morgan fingerprint density at radius 1 is 1.32 bits per heavy atom. The van der Waals surface area contributed by atoms with Crippen LogP contribution in [0.3, 0.4) is 0 Å². The molecule has 0 saturated carbocycles. The first kappa shape index (κ1) is 22.4. The lowest BCUT2D eigenvalue weighted by Gasteiger charge is -2.40. The number of carbonyl (C=O) groups is 2. The van der Waals surface area contributed by atoms with Crippen molar-refractivity contribution in [1.82, 2.24) is 0 Å². The smallest absolute Gasteiger partial charge is 0.310 e. The first-order chi connectivity index (χ1) is 13.1. The van der Waals surface area contributed by atoms with Gasteiger partial charge in [-0.25, -0.2) is 0 Å². The summed E-state index contributed by atoms with van der Waals surface area (Å²) in [6.45, 7) is 11.3. The van der Waals surface area contributed by atoms with Gasteiger partial charge in [0.1, 0.15) is 11.7 Å². The van der Waals surface area contributed by atoms with Gasteiger partial charge >= 0.3 is 11.9 Å². The summed E-state index contributed by atoms with van der Waals surface area (Å²) in [6, 6.07) is 0. The molecule has 1 saturated heterocycles. The maximum absolute atomic E-state index is 12.5. The standard InChI is InChI=1S/C23H34O5/c1-15-7-6-8-16(2)20(25)14-19-11-12-23(5,28-22(26)13-17(19)3)21(10-9-15)27-18(4)24/h7-8,19-21,25H,3,6,9-14H2,1-2,4-5H3/t19-,20-,21+,23-/m1/s1. The zero-order chi connectivity index (χ0) is 20.9. The van der Waals surface area contributed by atoms with E-state index in [1.165, 1.54) is 12.5 Å². The van der Waals surface area contributed by atoms with Crippen LogP contribution >= 0.6 is 0 Å². The van der Waals surface area contributed by atoms with E-state index in [-0.39, 0.29) is 24.3 Å². The molecule has 0 aromatic carbocycles. The van der Waals surface area contributed by atoms with Crippen molar-refractivity contribution < 1.29 is 24.2 Å². The molecular weight excluding hydrogens is 356 g/mol. The molecule has 0 amide bonds. The van der Waals surface area contributed by atoms with E-state index in [1.807, 2.05) is 26.8 Å². The molecule has 2 bridgehead atoms. The number of esters is 2. The highest BCUT2D eigenvalue weighted by atomic mass is 16.6. The molecule has 1 heterocycles. The number of rotatable bonds is 1. The van der Waals surface area contributed by atoms with Gasteiger partial charge < -0.3 is 14.6 Å². The summed E-state index contributed by atoms with van der Waals surface area (Å²) >= 11 is 0. The number of carbonyl (C=O) groups excluding carboxylic acids is 2. The molecule has 0 unspecified atom stereocenters. The van der Waals surface area contributed by atoms with Crippen LogP contribution in [0.4, 0.5) is 0 Å². The minimum absolute atomic E-state index is 0.0173. The zero-order valence-corrected chi connectivity index (χ0v) is 17.6. The number of aliphatic hydroxyl groups is 1. The van der Waals surface area contributed by atoms with Crippen molar-refractivity contribution in [1.29, 1.82) is 0 Å². The van der Waals surface area contributed by atoms with Gasteiger partial charge in [-0.1, -0.05) is 29.9 Å². The van der Waals surface area contributed by atoms with Crippen molar-refractivity contribution in [2.75, 3.05) is 0 Å². The summed E-state index contributed by atoms with van der Waals surface area (Å²) in [4.78, 5) is 24.2. The Morgan fingerprint density at radius 3 is 2.71 bits per heavy atom. The van der Waals surface area contributed by atoms with Crippen molar-refractivity contribution in [3.8, 4) is 0 Å². The lowest BCUT2D eigenvalue weighted by Crippen LogP contribution is -2.47. The van der Waals surface area contributed by atoms with Gasteiger partial charge in [0.15, 0.2) is 0 Å². The van der Waals surface area contributed by atoms with Crippen molar-refractivity contribution in [3.63, 3.8) is 0 Å². The van der Waals surface area contributed by atoms with E-state index in [9.17, 15) is 14.7 Å². The van der Waals surface area contributed by atoms with Crippen LogP contribution in [0.5, 0.6) is 0 Å². The normalized spacial score (nSPS) is 33.0. The fraction of sp³-hybridized carbons (Fsp3) is 0.652. The highest BCUT2D eigenvalue weighted by Gasteiger charge is 2.42. The quantitative estimate of drug-likeness (QED) is 0.530. The molecule has 0 aromatic rings. The molecule has 2 rings (SSSR count). The lowest BCUT2D eigenvalue weighted by molar-refractivity contribution is -0.186. The van der Waals surface area contributed by atoms with Crippen LogP contribution < -0.4 is 0 Å². The summed E-state index contributed by atoms with van der Waals surface area (Å²) < 4.78 is 11.4. The molecule has 5 nitrogen and oxygen atoms in total. The van der Waals surface area contributed by atoms with Crippen molar-refractivity contribution in [2.45, 2.75) is 90.4 Å². The van der Waals surface area contributed by atoms with Crippen LogP contribution in [0.2, 0.25) is 0 Å². The third kappa shape index (κ3) is 6.06. The van der Waals surface area contributed by atoms with Gasteiger partial charge in [0.2, 0.25) is 0 Å². The van der Waals surface area contributed by atoms with Gasteiger partial charge in [-0.2, -0.15) is 0 Å². The van der Waals surface area contributed by atoms with E-state index >= 15 is 0 Å². The number of allylic oxidation sites excluding steroid dienone is 3. The van der Waals surface area contributed by atoms with Gasteiger partial charge in [-0.15, -0.1) is 0 Å². The summed E-state index contributed by atoms with van der Waals surface area (Å²) in [5.74, 6) is -0.707. The molecule has 1 fully saturated rings. The van der Waals surface area contributed by atoms with Crippen LogP contribution in [0.15, 0.2) is 35.5 Å². The monoisotopic (exact) mass is 390 g/mol. The first-order valence-electron chi connectivity index (χ1n) is 10.2. The van der Waals surface area contributed by atoms with E-state index in [4.69, 9.17) is 9.47 Å². The van der Waals surface area contributed by atoms with E-state index in [2.05, 4.69) is 12.7 Å². The fourth-order valence-electron chi connectivity index (χ4n) is 4.04. The van der Waals surface area contributed by atoms with E-state index in [0.717, 1.165) is 30.4 Å². The van der Waals surface area contributed by atoms with Crippen LogP contribution in [-0.4, -0.2) is 34.9 Å². The highest BCUT2D eigenvalue weighted by Crippen LogP contribution is 2.37. The largest absolute Gasteiger partial charge is 0.458 e. The second-order valence-corrected chi connectivity index (χ2v) is 8.48. The van der Waals surface area contributed by atoms with Crippen LogP contribution in [0.25, 0.3) is 0 Å². The number of ether oxygens (including phenoxy) is 2. The minimum atomic E-state index is -0.887. The van der Waals surface area contributed by atoms with Crippen molar-refractivity contribution in [3.05, 3.63) is 35.5 Å². The summed E-state index contributed by atoms with van der Waals surface area (Å²) in [5, 5.41) is 10.6. The van der Waals surface area contributed by atoms with Gasteiger partial charge in [0.05, 0.1) is 12.5 Å². The van der Waals surface area contributed by atoms with Crippen molar-refractivity contribution in [2.24, 2.45) is 5.92 Å². The average molecular weight is 391 g/mol. The Morgan fingerprint density at radius 2 is 2.04 bits per heavy atom. The molecular formula is C23H34O5. The molecule has 0 radical (unpaired) electrons. The van der Waals surface area contributed by atoms with E-state index in [1.54, 1.807) is 0 Å². The molecule has 0 aromatic heterocycles. The molecule has 4 atom stereocenters. The lowest BCUT2D eigenvalue weighted by atomic mass is 9.79. The SMILES string of the molecule is C=C1CC(=O)O[C@]2(C)CC[C@@H]1C[C@@H](O)C(C)=CCC=C(C)CC[C@@H]2OC(C)=O. The maximum atomic E-state index is 12.5. The maximum Gasteiger partial charge on any atom is 0.310 e. The molecule has 5 heteroatoms. The summed E-state index contributed by atoms with van der Waals surface area (Å²) in [5.41, 5.74) is 2.03. The second kappa shape index (κ2) is 9.55. The zero-order valence-electron chi connectivity index (χ0n) is 17.6. The van der Waals surface area contributed by atoms with Gasteiger partial charge in [0, 0.05) is 6.92 Å². The number of fused-ring (bicyclic) bond motifs is 3. The van der Waals surface area contributed by atoms with Crippen LogP contribution in [0.1, 0.15) is 72.6 Å². The van der Waals surface area contributed by atoms with Gasteiger partial charge in [-0.05, 0) is 70.8 Å². The minimum Gasteiger partial charge on any atom is -0.458 e. The van der Waals surface area contributed by atoms with Gasteiger partial charge in [-0.3, -0.25) is 9.59 Å². The predicted molar refractivity (Wildman–Crippen MR) is 109 cm³/mol. The molecule has 156 valence electrons. The molecule has 0 spiro atoms. The Balaban J connectivity index is 2.40. The third-order valence-electron chi connectivity index (χ3n) is 6.01. The number of hydrogen-bond acceptors (Lipinski definition) is 5. The molecule has 28 heavy (non-hydrogen) atoms. The molecule has 1 aliphatic carbocycles. The average Bonchev–Trinajstić information content (AvgIpc) is 2.59. The number of hydrogen-bond donors (Lipinski definition) is 1. The van der Waals surface area contributed by atoms with Crippen LogP contribution in [-0.2, 0) is 19.1 Å². The Labute approximate surface area is 168 Å². The predicted octanol–water partition coefficient (Wildman–Crippen LogP) is 4.40. The van der Waals surface area contributed by atoms with E-state index in [0.29, 0.717) is 19.3 Å². The molecule has 1 aliphatic heterocycles. The van der Waals surface area contributed by atoms with Crippen LogP contribution in [0, 0.1) is 5.92 Å². The third-order valence-corrected chi connectivity index (χ3v) is 6.01.